The summed E-state index contributed by atoms with van der Waals surface area (Å²) in [5.41, 5.74) is 0. The number of carbonyl (C=O) groups excluding carboxylic acids is 1. The van der Waals surface area contributed by atoms with Gasteiger partial charge in [0.15, 0.2) is 0 Å². The minimum Gasteiger partial charge on any atom is -0.353 e. The van der Waals surface area contributed by atoms with E-state index in [1.807, 2.05) is 0 Å². The van der Waals surface area contributed by atoms with Gasteiger partial charge in [0.25, 0.3) is 0 Å². The highest BCUT2D eigenvalue weighted by atomic mass is 16.2. The highest BCUT2D eigenvalue weighted by molar-refractivity contribution is 5.80. The van der Waals surface area contributed by atoms with Crippen LogP contribution in [0.25, 0.3) is 0 Å². The van der Waals surface area contributed by atoms with Crippen molar-refractivity contribution in [1.29, 1.82) is 0 Å². The number of hydrogen-bond donors (Lipinski definition) is 2. The second-order valence-corrected chi connectivity index (χ2v) is 5.15. The first-order valence-corrected chi connectivity index (χ1v) is 6.24. The number of hydrogen-bond acceptors (Lipinski definition) is 2. The van der Waals surface area contributed by atoms with Crippen LogP contribution in [0.4, 0.5) is 0 Å². The molecule has 1 amide bonds. The van der Waals surface area contributed by atoms with E-state index in [1.54, 1.807) is 0 Å². The van der Waals surface area contributed by atoms with Crippen molar-refractivity contribution in [2.24, 2.45) is 11.8 Å². The second kappa shape index (κ2) is 4.52. The molecule has 0 radical (unpaired) electrons. The molecule has 1 aliphatic heterocycles. The number of carbonyl (C=O) groups is 1. The average Bonchev–Trinajstić information content (AvgIpc) is 2.62. The molecule has 2 fully saturated rings. The molecule has 86 valence electrons. The van der Waals surface area contributed by atoms with Gasteiger partial charge in [0.2, 0.25) is 5.91 Å². The van der Waals surface area contributed by atoms with Crippen LogP contribution in [0, 0.1) is 11.8 Å². The third-order valence-corrected chi connectivity index (χ3v) is 3.84. The zero-order valence-corrected chi connectivity index (χ0v) is 9.75. The van der Waals surface area contributed by atoms with Crippen molar-refractivity contribution in [3.05, 3.63) is 0 Å². The first kappa shape index (κ1) is 10.9. The van der Waals surface area contributed by atoms with E-state index in [9.17, 15) is 4.79 Å². The Balaban J connectivity index is 1.80. The smallest absolute Gasteiger partial charge is 0.224 e. The van der Waals surface area contributed by atoms with Gasteiger partial charge >= 0.3 is 0 Å². The summed E-state index contributed by atoms with van der Waals surface area (Å²) in [6.45, 7) is 5.39. The van der Waals surface area contributed by atoms with E-state index in [0.717, 1.165) is 25.3 Å². The van der Waals surface area contributed by atoms with Gasteiger partial charge in [0.05, 0.1) is 5.92 Å². The summed E-state index contributed by atoms with van der Waals surface area (Å²) < 4.78 is 0. The molecule has 3 heteroatoms. The summed E-state index contributed by atoms with van der Waals surface area (Å²) in [6, 6.07) is 0.869. The fourth-order valence-corrected chi connectivity index (χ4v) is 2.84. The average molecular weight is 210 g/mol. The lowest BCUT2D eigenvalue weighted by Gasteiger charge is -2.34. The summed E-state index contributed by atoms with van der Waals surface area (Å²) in [5, 5.41) is 6.57. The predicted molar refractivity (Wildman–Crippen MR) is 60.5 cm³/mol. The number of amides is 1. The monoisotopic (exact) mass is 210 g/mol. The molecule has 1 heterocycles. The van der Waals surface area contributed by atoms with Gasteiger partial charge in [-0.3, -0.25) is 4.79 Å². The van der Waals surface area contributed by atoms with Gasteiger partial charge in [0, 0.05) is 12.1 Å². The molecule has 2 rings (SSSR count). The maximum Gasteiger partial charge on any atom is 0.224 e. The van der Waals surface area contributed by atoms with Crippen LogP contribution >= 0.6 is 0 Å². The van der Waals surface area contributed by atoms with Gasteiger partial charge in [-0.1, -0.05) is 13.8 Å². The van der Waals surface area contributed by atoms with Crippen molar-refractivity contribution in [3.8, 4) is 0 Å². The van der Waals surface area contributed by atoms with Gasteiger partial charge in [-0.05, 0) is 38.1 Å². The fourth-order valence-electron chi connectivity index (χ4n) is 2.84. The molecule has 1 saturated heterocycles. The van der Waals surface area contributed by atoms with Crippen LogP contribution in [0.15, 0.2) is 0 Å². The van der Waals surface area contributed by atoms with Crippen LogP contribution in [0.2, 0.25) is 0 Å². The van der Waals surface area contributed by atoms with Crippen LogP contribution in [0.1, 0.15) is 39.5 Å². The quantitative estimate of drug-likeness (QED) is 0.737. The molecule has 15 heavy (non-hydrogen) atoms. The second-order valence-electron chi connectivity index (χ2n) is 5.15. The number of nitrogens with one attached hydrogen (secondary N) is 2. The summed E-state index contributed by atoms with van der Waals surface area (Å²) in [5.74, 6) is 1.30. The largest absolute Gasteiger partial charge is 0.353 e. The Morgan fingerprint density at radius 2 is 2.20 bits per heavy atom. The summed E-state index contributed by atoms with van der Waals surface area (Å²) in [6.07, 6.45) is 4.40. The molecular formula is C12H22N2O. The molecule has 2 N–H and O–H groups in total. The topological polar surface area (TPSA) is 41.1 Å². The Labute approximate surface area is 92.0 Å². The molecule has 2 aliphatic rings. The summed E-state index contributed by atoms with van der Waals surface area (Å²) >= 11 is 0. The Bertz CT molecular complexity index is 236. The third-order valence-electron chi connectivity index (χ3n) is 3.84. The van der Waals surface area contributed by atoms with E-state index in [2.05, 4.69) is 24.5 Å². The first-order chi connectivity index (χ1) is 7.20. The molecule has 0 aromatic rings. The predicted octanol–water partition coefficient (Wildman–Crippen LogP) is 1.29. The zero-order valence-electron chi connectivity index (χ0n) is 9.75. The van der Waals surface area contributed by atoms with Crippen LogP contribution in [0.3, 0.4) is 0 Å². The van der Waals surface area contributed by atoms with Crippen LogP contribution < -0.4 is 10.6 Å². The van der Waals surface area contributed by atoms with E-state index in [0.29, 0.717) is 12.1 Å². The van der Waals surface area contributed by atoms with E-state index >= 15 is 0 Å². The minimum absolute atomic E-state index is 0.214. The van der Waals surface area contributed by atoms with Crippen LogP contribution in [-0.4, -0.2) is 24.5 Å². The molecule has 1 saturated carbocycles. The van der Waals surface area contributed by atoms with Crippen molar-refractivity contribution in [3.63, 3.8) is 0 Å². The van der Waals surface area contributed by atoms with Gasteiger partial charge in [-0.25, -0.2) is 0 Å². The molecule has 3 nitrogen and oxygen atoms in total. The van der Waals surface area contributed by atoms with Crippen molar-refractivity contribution in [1.82, 2.24) is 10.6 Å². The van der Waals surface area contributed by atoms with Gasteiger partial charge in [-0.2, -0.15) is 0 Å². The minimum atomic E-state index is 0.214. The summed E-state index contributed by atoms with van der Waals surface area (Å²) in [7, 11) is 0. The maximum absolute atomic E-state index is 12.0. The summed E-state index contributed by atoms with van der Waals surface area (Å²) in [4.78, 5) is 12.0. The molecule has 2 atom stereocenters. The van der Waals surface area contributed by atoms with Crippen molar-refractivity contribution < 1.29 is 4.79 Å². The van der Waals surface area contributed by atoms with E-state index in [1.165, 1.54) is 12.8 Å². The molecule has 1 aliphatic carbocycles. The molecule has 0 bridgehead atoms. The van der Waals surface area contributed by atoms with E-state index < -0.39 is 0 Å². The fraction of sp³-hybridized carbons (Fsp3) is 0.917. The molecule has 2 unspecified atom stereocenters. The highest BCUT2D eigenvalue weighted by Gasteiger charge is 2.34. The van der Waals surface area contributed by atoms with E-state index in [-0.39, 0.29) is 11.8 Å². The third kappa shape index (κ3) is 2.33. The lowest BCUT2D eigenvalue weighted by molar-refractivity contribution is -0.126. The van der Waals surface area contributed by atoms with E-state index in [4.69, 9.17) is 0 Å². The van der Waals surface area contributed by atoms with Gasteiger partial charge < -0.3 is 10.6 Å². The maximum atomic E-state index is 12.0. The Kier molecular flexibility index (Phi) is 3.29. The van der Waals surface area contributed by atoms with Gasteiger partial charge in [0.1, 0.15) is 0 Å². The Hall–Kier alpha value is -0.570. The lowest BCUT2D eigenvalue weighted by atomic mass is 9.81. The molecule has 0 spiro atoms. The molecule has 0 aromatic carbocycles. The van der Waals surface area contributed by atoms with Crippen molar-refractivity contribution in [2.75, 3.05) is 6.54 Å². The zero-order chi connectivity index (χ0) is 10.8. The normalized spacial score (nSPS) is 39.9. The lowest BCUT2D eigenvalue weighted by Crippen LogP contribution is -2.47. The molecular weight excluding hydrogens is 188 g/mol. The van der Waals surface area contributed by atoms with Crippen LogP contribution in [0.5, 0.6) is 0 Å². The highest BCUT2D eigenvalue weighted by Crippen LogP contribution is 2.27. The van der Waals surface area contributed by atoms with Crippen molar-refractivity contribution >= 4 is 5.91 Å². The van der Waals surface area contributed by atoms with Gasteiger partial charge in [-0.15, -0.1) is 0 Å². The standard InChI is InChI=1S/C12H22N2O/c1-3-11-10(4-5-13-11)12(15)14-9-6-8(2)7-9/h8-11,13H,3-7H2,1-2H3,(H,14,15). The Morgan fingerprint density at radius 3 is 2.80 bits per heavy atom. The number of rotatable bonds is 3. The molecule has 0 aromatic heterocycles. The first-order valence-electron chi connectivity index (χ1n) is 6.24. The Morgan fingerprint density at radius 1 is 1.47 bits per heavy atom. The van der Waals surface area contributed by atoms with Crippen LogP contribution in [-0.2, 0) is 4.79 Å². The SMILES string of the molecule is CCC1NCCC1C(=O)NC1CC(C)C1. The van der Waals surface area contributed by atoms with Crippen molar-refractivity contribution in [2.45, 2.75) is 51.6 Å².